The molecule has 1 aliphatic rings. The van der Waals surface area contributed by atoms with Gasteiger partial charge in [0.25, 0.3) is 0 Å². The molecule has 0 saturated carbocycles. The van der Waals surface area contributed by atoms with E-state index >= 15 is 0 Å². The minimum Gasteiger partial charge on any atom is -0.303 e. The number of thioether (sulfide) groups is 1. The van der Waals surface area contributed by atoms with Crippen LogP contribution in [0.25, 0.3) is 0 Å². The van der Waals surface area contributed by atoms with Crippen molar-refractivity contribution >= 4 is 30.4 Å². The molecule has 1 atom stereocenters. The Hall–Kier alpha value is -1.70. The second-order valence-electron chi connectivity index (χ2n) is 10.4. The van der Waals surface area contributed by atoms with Gasteiger partial charge < -0.3 is 4.90 Å². The van der Waals surface area contributed by atoms with Gasteiger partial charge in [-0.1, -0.05) is 70.4 Å². The Morgan fingerprint density at radius 3 is 2.35 bits per heavy atom. The summed E-state index contributed by atoms with van der Waals surface area (Å²) in [5, 5.41) is 2.29. The average molecular weight is 532 g/mol. The summed E-state index contributed by atoms with van der Waals surface area (Å²) >= 11 is 1.80. The number of unbranched alkanes of at least 4 members (excludes halogenated alkanes) is 7. The highest BCUT2D eigenvalue weighted by Gasteiger charge is 2.23. The molecule has 0 aliphatic carbocycles. The first kappa shape index (κ1) is 31.5. The van der Waals surface area contributed by atoms with Gasteiger partial charge in [-0.25, -0.2) is 0 Å². The van der Waals surface area contributed by atoms with Crippen molar-refractivity contribution in [2.75, 3.05) is 32.4 Å². The zero-order valence-electron chi connectivity index (χ0n) is 23.2. The highest BCUT2D eigenvalue weighted by molar-refractivity contribution is 7.99. The predicted octanol–water partition coefficient (Wildman–Crippen LogP) is 6.07. The summed E-state index contributed by atoms with van der Waals surface area (Å²) in [7, 11) is 1.88. The van der Waals surface area contributed by atoms with E-state index in [0.717, 1.165) is 28.9 Å². The van der Waals surface area contributed by atoms with E-state index in [1.807, 2.05) is 31.0 Å². The molecule has 2 rings (SSSR count). The molecule has 0 bridgehead atoms. The number of nitrogens with zero attached hydrogens (tertiary/aromatic N) is 2. The Morgan fingerprint density at radius 1 is 1.03 bits per heavy atom. The van der Waals surface area contributed by atoms with E-state index in [0.29, 0.717) is 24.9 Å². The monoisotopic (exact) mass is 531 g/mol. The summed E-state index contributed by atoms with van der Waals surface area (Å²) in [5.41, 5.74) is 1.64. The van der Waals surface area contributed by atoms with Crippen molar-refractivity contribution in [2.45, 2.75) is 108 Å². The van der Waals surface area contributed by atoms with Crippen LogP contribution in [0.2, 0.25) is 0 Å². The van der Waals surface area contributed by atoms with Gasteiger partial charge in [0.1, 0.15) is 6.29 Å². The number of carbonyl (C=O) groups excluding carboxylic acids is 3. The van der Waals surface area contributed by atoms with Crippen LogP contribution in [0.3, 0.4) is 0 Å². The second kappa shape index (κ2) is 19.4. The second-order valence-corrected chi connectivity index (χ2v) is 11.5. The Bertz CT molecular complexity index is 798. The normalized spacial score (nSPS) is 15.0. The SMILES string of the molecule is CCCC(C(=O)NC=O)N(C)Cc1c(C=O)cccc1SCCCCCCCCCCN1CCCCC1. The maximum Gasteiger partial charge on any atom is 0.243 e. The van der Waals surface area contributed by atoms with Gasteiger partial charge in [0.05, 0.1) is 6.04 Å². The summed E-state index contributed by atoms with van der Waals surface area (Å²) in [4.78, 5) is 40.6. The van der Waals surface area contributed by atoms with E-state index in [1.54, 1.807) is 11.8 Å². The highest BCUT2D eigenvalue weighted by Crippen LogP contribution is 2.28. The van der Waals surface area contributed by atoms with Crippen molar-refractivity contribution in [3.8, 4) is 0 Å². The van der Waals surface area contributed by atoms with Gasteiger partial charge in [0, 0.05) is 17.0 Å². The standard InChI is InChI=1S/C30H49N3O3S/c1-3-16-28(30(36)31-25-35)32(2)23-27-26(24-34)17-15-18-29(27)37-22-14-9-7-5-4-6-8-11-19-33-20-12-10-13-21-33/h15,17-18,24-25,28H,3-14,16,19-23H2,1-2H3,(H,31,35,36). The Kier molecular flexibility index (Phi) is 16.5. The van der Waals surface area contributed by atoms with E-state index in [2.05, 4.69) is 16.3 Å². The smallest absolute Gasteiger partial charge is 0.243 e. The minimum absolute atomic E-state index is 0.292. The van der Waals surface area contributed by atoms with Crippen molar-refractivity contribution < 1.29 is 14.4 Å². The van der Waals surface area contributed by atoms with Gasteiger partial charge in [-0.2, -0.15) is 0 Å². The number of imide groups is 1. The van der Waals surface area contributed by atoms with Crippen LogP contribution in [-0.2, 0) is 16.1 Å². The van der Waals surface area contributed by atoms with Crippen molar-refractivity contribution in [2.24, 2.45) is 0 Å². The topological polar surface area (TPSA) is 69.7 Å². The molecule has 1 fully saturated rings. The number of likely N-dealkylation sites (N-methyl/N-ethyl adjacent to an activating group) is 1. The first-order valence-corrected chi connectivity index (χ1v) is 15.5. The zero-order valence-corrected chi connectivity index (χ0v) is 24.0. The molecule has 1 aromatic rings. The largest absolute Gasteiger partial charge is 0.303 e. The molecule has 1 unspecified atom stereocenters. The number of likely N-dealkylation sites (tertiary alicyclic amines) is 1. The van der Waals surface area contributed by atoms with Crippen molar-refractivity contribution in [3.05, 3.63) is 29.3 Å². The molecule has 0 spiro atoms. The number of benzene rings is 1. The number of nitrogens with one attached hydrogen (secondary N) is 1. The van der Waals surface area contributed by atoms with Crippen LogP contribution in [-0.4, -0.2) is 66.9 Å². The minimum atomic E-state index is -0.405. The molecule has 1 N–H and O–H groups in total. The number of hydrogen-bond donors (Lipinski definition) is 1. The number of piperidine rings is 1. The van der Waals surface area contributed by atoms with Gasteiger partial charge in [-0.15, -0.1) is 11.8 Å². The maximum atomic E-state index is 12.4. The van der Waals surface area contributed by atoms with E-state index in [9.17, 15) is 14.4 Å². The van der Waals surface area contributed by atoms with Crippen LogP contribution in [0, 0.1) is 0 Å². The van der Waals surface area contributed by atoms with Gasteiger partial charge in [-0.05, 0) is 76.2 Å². The Morgan fingerprint density at radius 2 is 1.70 bits per heavy atom. The molecule has 6 nitrogen and oxygen atoms in total. The molecule has 7 heteroatoms. The van der Waals surface area contributed by atoms with Crippen LogP contribution in [0.5, 0.6) is 0 Å². The number of rotatable bonds is 20. The maximum absolute atomic E-state index is 12.4. The quantitative estimate of drug-likeness (QED) is 0.125. The molecule has 2 amide bonds. The first-order valence-electron chi connectivity index (χ1n) is 14.5. The molecule has 1 saturated heterocycles. The van der Waals surface area contributed by atoms with Crippen molar-refractivity contribution in [3.63, 3.8) is 0 Å². The molecule has 0 radical (unpaired) electrons. The summed E-state index contributed by atoms with van der Waals surface area (Å²) in [6.45, 7) is 6.44. The molecule has 37 heavy (non-hydrogen) atoms. The number of hydrogen-bond acceptors (Lipinski definition) is 6. The van der Waals surface area contributed by atoms with Crippen molar-refractivity contribution in [1.29, 1.82) is 0 Å². The zero-order chi connectivity index (χ0) is 26.7. The first-order chi connectivity index (χ1) is 18.1. The lowest BCUT2D eigenvalue weighted by Crippen LogP contribution is -2.44. The number of carbonyl (C=O) groups is 3. The van der Waals surface area contributed by atoms with Crippen LogP contribution in [0.15, 0.2) is 23.1 Å². The van der Waals surface area contributed by atoms with E-state index in [1.165, 1.54) is 90.3 Å². The van der Waals surface area contributed by atoms with Crippen molar-refractivity contribution in [1.82, 2.24) is 15.1 Å². The Balaban J connectivity index is 1.69. The molecule has 0 aromatic heterocycles. The van der Waals surface area contributed by atoms with Crippen LogP contribution < -0.4 is 5.32 Å². The van der Waals surface area contributed by atoms with E-state index in [4.69, 9.17) is 0 Å². The van der Waals surface area contributed by atoms with E-state index in [-0.39, 0.29) is 5.91 Å². The fraction of sp³-hybridized carbons (Fsp3) is 0.700. The molecule has 1 aromatic carbocycles. The number of amides is 2. The third kappa shape index (κ3) is 12.1. The fourth-order valence-electron chi connectivity index (χ4n) is 5.20. The lowest BCUT2D eigenvalue weighted by Gasteiger charge is -2.27. The Labute approximate surface area is 229 Å². The van der Waals surface area contributed by atoms with Crippen LogP contribution >= 0.6 is 11.8 Å². The van der Waals surface area contributed by atoms with Gasteiger partial charge in [0.15, 0.2) is 0 Å². The molecule has 1 aliphatic heterocycles. The van der Waals surface area contributed by atoms with Crippen LogP contribution in [0.1, 0.15) is 106 Å². The summed E-state index contributed by atoms with van der Waals surface area (Å²) in [6, 6.07) is 5.44. The summed E-state index contributed by atoms with van der Waals surface area (Å²) < 4.78 is 0. The third-order valence-corrected chi connectivity index (χ3v) is 8.56. The van der Waals surface area contributed by atoms with Gasteiger partial charge in [0.2, 0.25) is 12.3 Å². The molecular weight excluding hydrogens is 482 g/mol. The third-order valence-electron chi connectivity index (χ3n) is 7.38. The highest BCUT2D eigenvalue weighted by atomic mass is 32.2. The lowest BCUT2D eigenvalue weighted by atomic mass is 10.1. The van der Waals surface area contributed by atoms with Gasteiger partial charge in [-0.3, -0.25) is 24.6 Å². The number of aldehydes is 1. The van der Waals surface area contributed by atoms with Gasteiger partial charge >= 0.3 is 0 Å². The summed E-state index contributed by atoms with van der Waals surface area (Å²) in [6.07, 6.45) is 17.5. The summed E-state index contributed by atoms with van der Waals surface area (Å²) in [5.74, 6) is 0.734. The molecule has 1 heterocycles. The van der Waals surface area contributed by atoms with Crippen LogP contribution in [0.4, 0.5) is 0 Å². The average Bonchev–Trinajstić information content (AvgIpc) is 2.91. The predicted molar refractivity (Wildman–Crippen MR) is 154 cm³/mol. The van der Waals surface area contributed by atoms with E-state index < -0.39 is 6.04 Å². The lowest BCUT2D eigenvalue weighted by molar-refractivity contribution is -0.129. The molecule has 208 valence electrons. The fourth-order valence-corrected chi connectivity index (χ4v) is 6.30. The molecular formula is C30H49N3O3S.